The minimum absolute atomic E-state index is 0. The van der Waals surface area contributed by atoms with E-state index in [1.807, 2.05) is 0 Å². The Balaban J connectivity index is 0.000000810. The van der Waals surface area contributed by atoms with Crippen LogP contribution in [-0.4, -0.2) is 12.2 Å². The monoisotopic (exact) mass is 165 g/mol. The molecule has 60 valence electrons. The van der Waals surface area contributed by atoms with E-state index in [0.29, 0.717) is 6.47 Å². The summed E-state index contributed by atoms with van der Waals surface area (Å²) in [5.74, 6) is 0. The van der Waals surface area contributed by atoms with E-state index in [1.54, 1.807) is 0 Å². The predicted octanol–water partition coefficient (Wildman–Crippen LogP) is 0.810. The number of nitrogens with two attached hydrogens (primary N) is 1. The maximum atomic E-state index is 9.86. The van der Waals surface area contributed by atoms with E-state index >= 15 is 0 Å². The number of carbonyl (C=O) groups is 1. The van der Waals surface area contributed by atoms with Gasteiger partial charge >= 0.3 is 0 Å². The minimum atomic E-state index is -0.623. The van der Waals surface area contributed by atoms with Crippen molar-refractivity contribution in [1.82, 2.24) is 0 Å². The van der Waals surface area contributed by atoms with Crippen LogP contribution in [0.4, 0.5) is 0 Å². The molecule has 0 atom stereocenters. The number of ether oxygens (including phenoxy) is 1. The second-order valence-electron chi connectivity index (χ2n) is 2.49. The van der Waals surface area contributed by atoms with Crippen molar-refractivity contribution in [3.05, 3.63) is 0 Å². The van der Waals surface area contributed by atoms with Gasteiger partial charge in [-0.3, -0.25) is 10.5 Å². The van der Waals surface area contributed by atoms with E-state index in [1.165, 1.54) is 0 Å². The quantitative estimate of drug-likeness (QED) is 0.487. The first-order valence-electron chi connectivity index (χ1n) is 3.17. The highest BCUT2D eigenvalue weighted by atomic mass is 35.5. The zero-order chi connectivity index (χ0) is 6.74. The lowest BCUT2D eigenvalue weighted by Crippen LogP contribution is -2.38. The first kappa shape index (κ1) is 9.72. The molecule has 0 unspecified atom stereocenters. The number of hydrogen-bond donors (Lipinski definition) is 1. The SMILES string of the molecule is Cl.NC1(OC=O)CCCC1. The van der Waals surface area contributed by atoms with Crippen molar-refractivity contribution in [3.63, 3.8) is 0 Å². The van der Waals surface area contributed by atoms with E-state index < -0.39 is 5.72 Å². The average molecular weight is 166 g/mol. The smallest absolute Gasteiger partial charge is 0.294 e. The van der Waals surface area contributed by atoms with Gasteiger partial charge in [0.25, 0.3) is 6.47 Å². The standard InChI is InChI=1S/C6H11NO2.ClH/c7-6(9-5-8)3-1-2-4-6;/h5H,1-4,7H2;1H. The summed E-state index contributed by atoms with van der Waals surface area (Å²) in [7, 11) is 0. The van der Waals surface area contributed by atoms with Gasteiger partial charge in [0.05, 0.1) is 0 Å². The second-order valence-corrected chi connectivity index (χ2v) is 2.49. The molecule has 0 radical (unpaired) electrons. The summed E-state index contributed by atoms with van der Waals surface area (Å²) in [4.78, 5) is 9.86. The Morgan fingerprint density at radius 2 is 1.90 bits per heavy atom. The molecule has 0 saturated heterocycles. The Morgan fingerprint density at radius 1 is 1.40 bits per heavy atom. The molecule has 1 aliphatic carbocycles. The van der Waals surface area contributed by atoms with Crippen LogP contribution >= 0.6 is 12.4 Å². The fourth-order valence-corrected chi connectivity index (χ4v) is 1.19. The third kappa shape index (κ3) is 2.15. The molecule has 0 amide bonds. The van der Waals surface area contributed by atoms with Crippen LogP contribution in [0.15, 0.2) is 0 Å². The summed E-state index contributed by atoms with van der Waals surface area (Å²) < 4.78 is 4.69. The average Bonchev–Trinajstić information content (AvgIpc) is 2.16. The van der Waals surface area contributed by atoms with Crippen molar-refractivity contribution in [1.29, 1.82) is 0 Å². The molecule has 1 rings (SSSR count). The molecule has 4 heteroatoms. The Kier molecular flexibility index (Phi) is 3.68. The largest absolute Gasteiger partial charge is 0.446 e. The van der Waals surface area contributed by atoms with Crippen LogP contribution < -0.4 is 5.73 Å². The number of hydrogen-bond acceptors (Lipinski definition) is 3. The summed E-state index contributed by atoms with van der Waals surface area (Å²) >= 11 is 0. The van der Waals surface area contributed by atoms with Crippen molar-refractivity contribution in [2.24, 2.45) is 5.73 Å². The van der Waals surface area contributed by atoms with E-state index in [0.717, 1.165) is 25.7 Å². The highest BCUT2D eigenvalue weighted by Crippen LogP contribution is 2.27. The lowest BCUT2D eigenvalue weighted by Gasteiger charge is -2.20. The summed E-state index contributed by atoms with van der Waals surface area (Å²) in [5.41, 5.74) is 4.99. The van der Waals surface area contributed by atoms with Gasteiger partial charge in [-0.25, -0.2) is 0 Å². The van der Waals surface area contributed by atoms with Crippen LogP contribution in [0.5, 0.6) is 0 Å². The Bertz CT molecular complexity index is 112. The Morgan fingerprint density at radius 3 is 2.30 bits per heavy atom. The zero-order valence-corrected chi connectivity index (χ0v) is 6.52. The molecule has 0 bridgehead atoms. The highest BCUT2D eigenvalue weighted by Gasteiger charge is 2.30. The van der Waals surface area contributed by atoms with Crippen LogP contribution in [0, 0.1) is 0 Å². The van der Waals surface area contributed by atoms with Crippen LogP contribution in [0.1, 0.15) is 25.7 Å². The van der Waals surface area contributed by atoms with Crippen molar-refractivity contribution in [2.45, 2.75) is 31.4 Å². The fourth-order valence-electron chi connectivity index (χ4n) is 1.19. The molecule has 1 fully saturated rings. The van der Waals surface area contributed by atoms with Gasteiger partial charge < -0.3 is 4.74 Å². The van der Waals surface area contributed by atoms with Gasteiger partial charge in [0.15, 0.2) is 5.72 Å². The molecule has 0 aromatic heterocycles. The van der Waals surface area contributed by atoms with Crippen LogP contribution in [0.25, 0.3) is 0 Å². The predicted molar refractivity (Wildman–Crippen MR) is 39.8 cm³/mol. The molecule has 2 N–H and O–H groups in total. The summed E-state index contributed by atoms with van der Waals surface area (Å²) in [6, 6.07) is 0. The maximum Gasteiger partial charge on any atom is 0.294 e. The first-order chi connectivity index (χ1) is 4.27. The van der Waals surface area contributed by atoms with Gasteiger partial charge in [-0.05, 0) is 12.8 Å². The van der Waals surface area contributed by atoms with E-state index in [2.05, 4.69) is 4.74 Å². The number of rotatable bonds is 2. The van der Waals surface area contributed by atoms with Crippen molar-refractivity contribution >= 4 is 18.9 Å². The molecule has 0 heterocycles. The van der Waals surface area contributed by atoms with E-state index in [9.17, 15) is 4.79 Å². The molecular weight excluding hydrogens is 154 g/mol. The van der Waals surface area contributed by atoms with Crippen LogP contribution in [0.2, 0.25) is 0 Å². The van der Waals surface area contributed by atoms with Gasteiger partial charge in [0.1, 0.15) is 0 Å². The molecule has 1 saturated carbocycles. The highest BCUT2D eigenvalue weighted by molar-refractivity contribution is 5.85. The molecule has 10 heavy (non-hydrogen) atoms. The van der Waals surface area contributed by atoms with Crippen molar-refractivity contribution in [3.8, 4) is 0 Å². The molecule has 0 spiro atoms. The van der Waals surface area contributed by atoms with Gasteiger partial charge in [-0.1, -0.05) is 0 Å². The van der Waals surface area contributed by atoms with Crippen LogP contribution in [-0.2, 0) is 9.53 Å². The third-order valence-corrected chi connectivity index (χ3v) is 1.73. The summed E-state index contributed by atoms with van der Waals surface area (Å²) in [5, 5.41) is 0. The number of carbonyl (C=O) groups excluding carboxylic acids is 1. The van der Waals surface area contributed by atoms with Gasteiger partial charge in [-0.2, -0.15) is 0 Å². The van der Waals surface area contributed by atoms with E-state index in [-0.39, 0.29) is 12.4 Å². The second kappa shape index (κ2) is 3.78. The molecule has 0 aromatic rings. The Labute approximate surface area is 66.3 Å². The lowest BCUT2D eigenvalue weighted by molar-refractivity contribution is -0.142. The van der Waals surface area contributed by atoms with Crippen molar-refractivity contribution in [2.75, 3.05) is 0 Å². The summed E-state index contributed by atoms with van der Waals surface area (Å²) in [6.45, 7) is 0.436. The fraction of sp³-hybridized carbons (Fsp3) is 0.833. The van der Waals surface area contributed by atoms with Gasteiger partial charge in [0, 0.05) is 12.8 Å². The molecular formula is C6H12ClNO2. The van der Waals surface area contributed by atoms with Crippen LogP contribution in [0.3, 0.4) is 0 Å². The lowest BCUT2D eigenvalue weighted by atomic mass is 10.2. The number of halogens is 1. The molecule has 3 nitrogen and oxygen atoms in total. The van der Waals surface area contributed by atoms with Gasteiger partial charge in [-0.15, -0.1) is 12.4 Å². The normalized spacial score (nSPS) is 21.3. The molecule has 0 aliphatic heterocycles. The van der Waals surface area contributed by atoms with E-state index in [4.69, 9.17) is 5.73 Å². The first-order valence-corrected chi connectivity index (χ1v) is 3.17. The summed E-state index contributed by atoms with van der Waals surface area (Å²) in [6.07, 6.45) is 3.77. The topological polar surface area (TPSA) is 52.3 Å². The molecule has 1 aliphatic rings. The van der Waals surface area contributed by atoms with Crippen molar-refractivity contribution < 1.29 is 9.53 Å². The third-order valence-electron chi connectivity index (χ3n) is 1.73. The Hall–Kier alpha value is -0.280. The maximum absolute atomic E-state index is 9.86. The molecule has 0 aromatic carbocycles. The minimum Gasteiger partial charge on any atom is -0.446 e. The van der Waals surface area contributed by atoms with Gasteiger partial charge in [0.2, 0.25) is 0 Å². The zero-order valence-electron chi connectivity index (χ0n) is 5.71.